The molecule has 38 heavy (non-hydrogen) atoms. The van der Waals surface area contributed by atoms with Crippen LogP contribution in [0.15, 0.2) is 42.1 Å². The van der Waals surface area contributed by atoms with Crippen LogP contribution in [0.25, 0.3) is 10.4 Å². The lowest BCUT2D eigenvalue weighted by molar-refractivity contribution is -0.140. The molecule has 0 spiro atoms. The third kappa shape index (κ3) is 9.55. The Morgan fingerprint density at radius 3 is 2.39 bits per heavy atom. The number of likely N-dealkylation sites (N-methyl/N-ethyl adjacent to an activating group) is 1. The molecule has 7 nitrogen and oxygen atoms in total. The molecule has 0 aliphatic carbocycles. The predicted octanol–water partition coefficient (Wildman–Crippen LogP) is 5.69. The summed E-state index contributed by atoms with van der Waals surface area (Å²) >= 11 is 1.62. The zero-order valence-electron chi connectivity index (χ0n) is 24.4. The minimum absolute atomic E-state index is 0.157. The van der Waals surface area contributed by atoms with Gasteiger partial charge in [0.2, 0.25) is 11.8 Å². The monoisotopic (exact) mass is 542 g/mol. The minimum atomic E-state index is -0.560. The summed E-state index contributed by atoms with van der Waals surface area (Å²) in [6.07, 6.45) is 2.11. The second kappa shape index (κ2) is 14.4. The molecule has 0 fully saturated rings. The first-order valence-electron chi connectivity index (χ1n) is 13.5. The molecule has 1 heterocycles. The molecule has 0 saturated carbocycles. The van der Waals surface area contributed by atoms with Crippen molar-refractivity contribution in [3.05, 3.63) is 53.3 Å². The highest BCUT2D eigenvalue weighted by Gasteiger charge is 2.29. The minimum Gasteiger partial charge on any atom is -0.378 e. The van der Waals surface area contributed by atoms with E-state index in [1.54, 1.807) is 25.3 Å². The maximum atomic E-state index is 13.2. The standard InChI is InChI=1S/C30H46N4O3S/c1-10-26(28(35)31-18-24-11-13-25(14-12-24)27-22(5)32-19-38-27)34(9)29(36)23(6)33-21(4)17-30(7,8)37-16-15-20(2)3/h11-14,19-20,23,26,33H,4,10,15-18H2,1-3,5-9H3,(H,31,35). The van der Waals surface area contributed by atoms with Gasteiger partial charge in [-0.15, -0.1) is 11.3 Å². The lowest BCUT2D eigenvalue weighted by Gasteiger charge is -2.31. The van der Waals surface area contributed by atoms with E-state index in [-0.39, 0.29) is 17.4 Å². The first-order chi connectivity index (χ1) is 17.8. The van der Waals surface area contributed by atoms with Crippen LogP contribution < -0.4 is 10.6 Å². The number of rotatable bonds is 15. The fourth-order valence-electron chi connectivity index (χ4n) is 4.31. The summed E-state index contributed by atoms with van der Waals surface area (Å²) in [5.74, 6) is 0.260. The summed E-state index contributed by atoms with van der Waals surface area (Å²) in [5, 5.41) is 6.20. The zero-order valence-corrected chi connectivity index (χ0v) is 25.2. The van der Waals surface area contributed by atoms with E-state index < -0.39 is 12.1 Å². The SMILES string of the molecule is C=C(CC(C)(C)OCCC(C)C)NC(C)C(=O)N(C)C(CC)C(=O)NCc1ccc(-c2scnc2C)cc1. The lowest BCUT2D eigenvalue weighted by atomic mass is 10.0. The maximum Gasteiger partial charge on any atom is 0.245 e. The highest BCUT2D eigenvalue weighted by molar-refractivity contribution is 7.13. The summed E-state index contributed by atoms with van der Waals surface area (Å²) in [5.41, 5.74) is 5.33. The highest BCUT2D eigenvalue weighted by Crippen LogP contribution is 2.27. The molecule has 210 valence electrons. The van der Waals surface area contributed by atoms with Crippen LogP contribution in [0.2, 0.25) is 0 Å². The molecule has 0 aliphatic heterocycles. The lowest BCUT2D eigenvalue weighted by Crippen LogP contribution is -2.52. The molecule has 2 unspecified atom stereocenters. The van der Waals surface area contributed by atoms with Crippen LogP contribution in [-0.4, -0.2) is 53.0 Å². The van der Waals surface area contributed by atoms with Gasteiger partial charge < -0.3 is 20.3 Å². The number of carbonyl (C=O) groups excluding carboxylic acids is 2. The number of hydrogen-bond acceptors (Lipinski definition) is 6. The Morgan fingerprint density at radius 1 is 1.18 bits per heavy atom. The molecule has 0 saturated heterocycles. The molecule has 8 heteroatoms. The smallest absolute Gasteiger partial charge is 0.245 e. The van der Waals surface area contributed by atoms with Crippen molar-refractivity contribution < 1.29 is 14.3 Å². The summed E-state index contributed by atoms with van der Waals surface area (Å²) in [6, 6.07) is 7.04. The number of benzene rings is 1. The van der Waals surface area contributed by atoms with Crippen LogP contribution in [0.3, 0.4) is 0 Å². The van der Waals surface area contributed by atoms with Gasteiger partial charge in [-0.2, -0.15) is 0 Å². The van der Waals surface area contributed by atoms with Crippen molar-refractivity contribution in [3.8, 4) is 10.4 Å². The van der Waals surface area contributed by atoms with Gasteiger partial charge in [0.25, 0.3) is 0 Å². The van der Waals surface area contributed by atoms with Gasteiger partial charge in [-0.05, 0) is 57.6 Å². The predicted molar refractivity (Wildman–Crippen MR) is 157 cm³/mol. The van der Waals surface area contributed by atoms with Crippen molar-refractivity contribution in [1.82, 2.24) is 20.5 Å². The van der Waals surface area contributed by atoms with Gasteiger partial charge >= 0.3 is 0 Å². The van der Waals surface area contributed by atoms with Crippen molar-refractivity contribution in [2.24, 2.45) is 5.92 Å². The largest absolute Gasteiger partial charge is 0.378 e. The van der Waals surface area contributed by atoms with Crippen molar-refractivity contribution in [1.29, 1.82) is 0 Å². The second-order valence-corrected chi connectivity index (χ2v) is 11.8. The molecular formula is C30H46N4O3S. The normalized spacial score (nSPS) is 13.2. The third-order valence-corrected chi connectivity index (χ3v) is 7.53. The third-order valence-electron chi connectivity index (χ3n) is 6.55. The van der Waals surface area contributed by atoms with Gasteiger partial charge in [0.15, 0.2) is 0 Å². The van der Waals surface area contributed by atoms with Crippen LogP contribution in [0, 0.1) is 12.8 Å². The average Bonchev–Trinajstić information content (AvgIpc) is 3.27. The van der Waals surface area contributed by atoms with Gasteiger partial charge in [0, 0.05) is 32.3 Å². The molecule has 1 aromatic carbocycles. The first kappa shape index (κ1) is 31.5. The number of hydrogen-bond donors (Lipinski definition) is 2. The van der Waals surface area contributed by atoms with E-state index in [0.29, 0.717) is 31.9 Å². The number of amides is 2. The van der Waals surface area contributed by atoms with Crippen LogP contribution in [0.4, 0.5) is 0 Å². The zero-order chi connectivity index (χ0) is 28.5. The molecule has 0 radical (unpaired) electrons. The molecule has 0 bridgehead atoms. The molecule has 0 aliphatic rings. The summed E-state index contributed by atoms with van der Waals surface area (Å²) < 4.78 is 6.03. The first-order valence-corrected chi connectivity index (χ1v) is 14.3. The molecule has 2 rings (SSSR count). The van der Waals surface area contributed by atoms with Crippen LogP contribution in [0.1, 0.15) is 72.1 Å². The topological polar surface area (TPSA) is 83.6 Å². The van der Waals surface area contributed by atoms with Gasteiger partial charge in [0.05, 0.1) is 21.7 Å². The van der Waals surface area contributed by atoms with E-state index in [1.807, 2.05) is 57.5 Å². The van der Waals surface area contributed by atoms with Gasteiger partial charge in [-0.3, -0.25) is 9.59 Å². The Labute approximate surface area is 233 Å². The van der Waals surface area contributed by atoms with Crippen molar-refractivity contribution in [2.75, 3.05) is 13.7 Å². The summed E-state index contributed by atoms with van der Waals surface area (Å²) in [7, 11) is 1.68. The van der Waals surface area contributed by atoms with E-state index in [1.165, 1.54) is 4.90 Å². The number of nitrogens with zero attached hydrogens (tertiary/aromatic N) is 2. The van der Waals surface area contributed by atoms with Crippen LogP contribution in [0.5, 0.6) is 0 Å². The van der Waals surface area contributed by atoms with Crippen molar-refractivity contribution in [3.63, 3.8) is 0 Å². The molecular weight excluding hydrogens is 496 g/mol. The fourth-order valence-corrected chi connectivity index (χ4v) is 5.12. The molecule has 2 N–H and O–H groups in total. The van der Waals surface area contributed by atoms with Gasteiger partial charge in [-0.25, -0.2) is 4.98 Å². The van der Waals surface area contributed by atoms with Gasteiger partial charge in [-0.1, -0.05) is 51.6 Å². The number of aryl methyl sites for hydroxylation is 1. The Bertz CT molecular complexity index is 1060. The van der Waals surface area contributed by atoms with Crippen LogP contribution in [-0.2, 0) is 20.9 Å². The highest BCUT2D eigenvalue weighted by atomic mass is 32.1. The van der Waals surface area contributed by atoms with E-state index in [2.05, 4.69) is 36.0 Å². The average molecular weight is 543 g/mol. The van der Waals surface area contributed by atoms with E-state index >= 15 is 0 Å². The summed E-state index contributed by atoms with van der Waals surface area (Å²) in [4.78, 5) is 33.1. The van der Waals surface area contributed by atoms with E-state index in [4.69, 9.17) is 4.74 Å². The quantitative estimate of drug-likeness (QED) is 0.302. The van der Waals surface area contributed by atoms with E-state index in [9.17, 15) is 9.59 Å². The number of ether oxygens (including phenoxy) is 1. The molecule has 2 amide bonds. The number of aromatic nitrogens is 1. The molecule has 2 aromatic rings. The Kier molecular flexibility index (Phi) is 12.0. The van der Waals surface area contributed by atoms with Crippen LogP contribution >= 0.6 is 11.3 Å². The fraction of sp³-hybridized carbons (Fsp3) is 0.567. The Balaban J connectivity index is 1.88. The van der Waals surface area contributed by atoms with Crippen molar-refractivity contribution in [2.45, 2.75) is 92.0 Å². The molecule has 2 atom stereocenters. The van der Waals surface area contributed by atoms with E-state index in [0.717, 1.165) is 33.8 Å². The number of nitrogens with one attached hydrogen (secondary N) is 2. The second-order valence-electron chi connectivity index (χ2n) is 11.0. The number of thiazole rings is 1. The number of carbonyl (C=O) groups is 2. The van der Waals surface area contributed by atoms with Crippen molar-refractivity contribution >= 4 is 23.2 Å². The molecule has 1 aromatic heterocycles. The summed E-state index contributed by atoms with van der Waals surface area (Å²) in [6.45, 7) is 19.3. The Hall–Kier alpha value is -2.71. The van der Waals surface area contributed by atoms with Gasteiger partial charge in [0.1, 0.15) is 12.1 Å². The Morgan fingerprint density at radius 2 is 1.84 bits per heavy atom. The maximum absolute atomic E-state index is 13.2.